The lowest BCUT2D eigenvalue weighted by atomic mass is 10.0. The van der Waals surface area contributed by atoms with Crippen molar-refractivity contribution in [1.82, 2.24) is 19.4 Å². The van der Waals surface area contributed by atoms with E-state index in [0.717, 1.165) is 16.5 Å². The fourth-order valence-electron chi connectivity index (χ4n) is 4.58. The van der Waals surface area contributed by atoms with Gasteiger partial charge in [0.1, 0.15) is 5.69 Å². The van der Waals surface area contributed by atoms with Crippen LogP contribution in [0.5, 0.6) is 0 Å². The molecular weight excluding hydrogens is 500 g/mol. The summed E-state index contributed by atoms with van der Waals surface area (Å²) in [5.41, 5.74) is 3.50. The van der Waals surface area contributed by atoms with Crippen molar-refractivity contribution in [2.75, 3.05) is 43.9 Å². The molecule has 0 atom stereocenters. The zero-order chi connectivity index (χ0) is 26.9. The molecule has 1 saturated heterocycles. The quantitative estimate of drug-likeness (QED) is 0.384. The Bertz CT molecular complexity index is 1600. The SMILES string of the molecule is CC(=O)Nc1ccc(Nc2nnc(-c3ccc(C)c(S(=O)(=O)N4CCN(C)CC4)c3)c3ccccc23)cc1. The number of carbonyl (C=O) groups is 1. The van der Waals surface area contributed by atoms with Crippen LogP contribution in [0.15, 0.2) is 71.6 Å². The standard InChI is InChI=1S/C28H30N6O3S/c1-19-8-9-21(18-26(19)38(36,37)34-16-14-33(3)15-17-34)27-24-6-4-5-7-25(24)28(32-31-27)30-23-12-10-22(11-13-23)29-20(2)35/h4-13,18H,14-17H2,1-3H3,(H,29,35)(H,30,32). The number of nitrogens with zero attached hydrogens (tertiary/aromatic N) is 4. The summed E-state index contributed by atoms with van der Waals surface area (Å²) in [5.74, 6) is 0.447. The molecule has 1 fully saturated rings. The molecule has 1 aromatic heterocycles. The Morgan fingerprint density at radius 3 is 2.21 bits per heavy atom. The average Bonchev–Trinajstić information content (AvgIpc) is 2.90. The first-order chi connectivity index (χ1) is 18.2. The molecule has 0 saturated carbocycles. The van der Waals surface area contributed by atoms with Crippen molar-refractivity contribution in [2.24, 2.45) is 0 Å². The van der Waals surface area contributed by atoms with Crippen LogP contribution in [0, 0.1) is 6.92 Å². The summed E-state index contributed by atoms with van der Waals surface area (Å²) in [5, 5.41) is 16.7. The van der Waals surface area contributed by atoms with Gasteiger partial charge in [-0.15, -0.1) is 10.2 Å². The fraction of sp³-hybridized carbons (Fsp3) is 0.250. The van der Waals surface area contributed by atoms with E-state index in [2.05, 4.69) is 25.7 Å². The Morgan fingerprint density at radius 1 is 0.868 bits per heavy atom. The minimum atomic E-state index is -3.64. The molecule has 1 aliphatic heterocycles. The second-order valence-electron chi connectivity index (χ2n) is 9.51. The van der Waals surface area contributed by atoms with Gasteiger partial charge < -0.3 is 15.5 Å². The Balaban J connectivity index is 1.50. The summed E-state index contributed by atoms with van der Waals surface area (Å²) in [6.45, 7) is 5.64. The van der Waals surface area contributed by atoms with Gasteiger partial charge in [0.15, 0.2) is 5.82 Å². The van der Waals surface area contributed by atoms with Crippen LogP contribution in [0.25, 0.3) is 22.0 Å². The maximum atomic E-state index is 13.5. The number of aryl methyl sites for hydroxylation is 1. The molecule has 4 aromatic rings. The van der Waals surface area contributed by atoms with E-state index < -0.39 is 10.0 Å². The number of amides is 1. The Labute approximate surface area is 222 Å². The van der Waals surface area contributed by atoms with Gasteiger partial charge in [-0.05, 0) is 49.9 Å². The minimum absolute atomic E-state index is 0.131. The van der Waals surface area contributed by atoms with E-state index in [1.54, 1.807) is 10.4 Å². The van der Waals surface area contributed by atoms with Gasteiger partial charge in [-0.1, -0.05) is 36.4 Å². The van der Waals surface area contributed by atoms with E-state index in [0.29, 0.717) is 59.4 Å². The number of fused-ring (bicyclic) bond motifs is 1. The molecule has 10 heteroatoms. The molecule has 1 amide bonds. The number of piperazine rings is 1. The number of sulfonamides is 1. The van der Waals surface area contributed by atoms with E-state index >= 15 is 0 Å². The van der Waals surface area contributed by atoms with E-state index in [-0.39, 0.29) is 5.91 Å². The summed E-state index contributed by atoms with van der Waals surface area (Å²) < 4.78 is 28.6. The molecule has 38 heavy (non-hydrogen) atoms. The number of nitrogens with one attached hydrogen (secondary N) is 2. The van der Waals surface area contributed by atoms with Crippen LogP contribution in [-0.2, 0) is 14.8 Å². The van der Waals surface area contributed by atoms with Gasteiger partial charge in [0.25, 0.3) is 0 Å². The summed E-state index contributed by atoms with van der Waals surface area (Å²) in [6, 6.07) is 20.5. The van der Waals surface area contributed by atoms with Crippen LogP contribution in [0.3, 0.4) is 0 Å². The molecule has 5 rings (SSSR count). The highest BCUT2D eigenvalue weighted by Gasteiger charge is 2.29. The Kier molecular flexibility index (Phi) is 7.11. The lowest BCUT2D eigenvalue weighted by Crippen LogP contribution is -2.47. The number of hydrogen-bond donors (Lipinski definition) is 2. The van der Waals surface area contributed by atoms with E-state index in [4.69, 9.17) is 0 Å². The van der Waals surface area contributed by atoms with E-state index in [1.165, 1.54) is 6.92 Å². The lowest BCUT2D eigenvalue weighted by molar-refractivity contribution is -0.114. The fourth-order valence-corrected chi connectivity index (χ4v) is 6.25. The van der Waals surface area contributed by atoms with E-state index in [1.807, 2.05) is 74.6 Å². The third-order valence-electron chi connectivity index (χ3n) is 6.70. The maximum Gasteiger partial charge on any atom is 0.243 e. The highest BCUT2D eigenvalue weighted by Crippen LogP contribution is 2.33. The predicted octanol–water partition coefficient (Wildman–Crippen LogP) is 4.24. The zero-order valence-corrected chi connectivity index (χ0v) is 22.4. The van der Waals surface area contributed by atoms with Gasteiger partial charge in [0, 0.05) is 60.8 Å². The van der Waals surface area contributed by atoms with Crippen LogP contribution in [0.2, 0.25) is 0 Å². The molecule has 0 bridgehead atoms. The largest absolute Gasteiger partial charge is 0.338 e. The third-order valence-corrected chi connectivity index (χ3v) is 8.74. The zero-order valence-electron chi connectivity index (χ0n) is 21.6. The van der Waals surface area contributed by atoms with Gasteiger partial charge >= 0.3 is 0 Å². The summed E-state index contributed by atoms with van der Waals surface area (Å²) >= 11 is 0. The molecule has 0 radical (unpaired) electrons. The predicted molar refractivity (Wildman–Crippen MR) is 150 cm³/mol. The van der Waals surface area contributed by atoms with Gasteiger partial charge in [-0.25, -0.2) is 8.42 Å². The molecule has 0 unspecified atom stereocenters. The normalized spacial score (nSPS) is 14.9. The molecule has 0 aliphatic carbocycles. The van der Waals surface area contributed by atoms with Crippen LogP contribution < -0.4 is 10.6 Å². The van der Waals surface area contributed by atoms with Crippen molar-refractivity contribution >= 4 is 43.9 Å². The third kappa shape index (κ3) is 5.24. The van der Waals surface area contributed by atoms with Gasteiger partial charge in [-0.2, -0.15) is 4.31 Å². The van der Waals surface area contributed by atoms with Gasteiger partial charge in [-0.3, -0.25) is 4.79 Å². The van der Waals surface area contributed by atoms with Crippen LogP contribution in [0.1, 0.15) is 12.5 Å². The lowest BCUT2D eigenvalue weighted by Gasteiger charge is -2.32. The number of hydrogen-bond acceptors (Lipinski definition) is 7. The minimum Gasteiger partial charge on any atom is -0.338 e. The number of benzene rings is 3. The molecular formula is C28H30N6O3S. The molecule has 3 aromatic carbocycles. The number of carbonyl (C=O) groups excluding carboxylic acids is 1. The van der Waals surface area contributed by atoms with Crippen LogP contribution in [0.4, 0.5) is 17.2 Å². The first-order valence-corrected chi connectivity index (χ1v) is 13.9. The molecule has 196 valence electrons. The second kappa shape index (κ2) is 10.5. The van der Waals surface area contributed by atoms with E-state index in [9.17, 15) is 13.2 Å². The molecule has 2 heterocycles. The maximum absolute atomic E-state index is 13.5. The smallest absolute Gasteiger partial charge is 0.243 e. The topological polar surface area (TPSA) is 108 Å². The first kappa shape index (κ1) is 25.8. The second-order valence-corrected chi connectivity index (χ2v) is 11.4. The first-order valence-electron chi connectivity index (χ1n) is 12.4. The summed E-state index contributed by atoms with van der Waals surface area (Å²) in [4.78, 5) is 13.7. The molecule has 1 aliphatic rings. The van der Waals surface area contributed by atoms with Crippen molar-refractivity contribution in [3.05, 3.63) is 72.3 Å². The highest BCUT2D eigenvalue weighted by atomic mass is 32.2. The monoisotopic (exact) mass is 530 g/mol. The van der Waals surface area contributed by atoms with Crippen molar-refractivity contribution in [1.29, 1.82) is 0 Å². The number of aromatic nitrogens is 2. The number of rotatable bonds is 6. The Morgan fingerprint density at radius 2 is 1.53 bits per heavy atom. The van der Waals surface area contributed by atoms with Crippen molar-refractivity contribution in [2.45, 2.75) is 18.7 Å². The highest BCUT2D eigenvalue weighted by molar-refractivity contribution is 7.89. The van der Waals surface area contributed by atoms with Gasteiger partial charge in [0.05, 0.1) is 4.90 Å². The van der Waals surface area contributed by atoms with Crippen molar-refractivity contribution in [3.8, 4) is 11.3 Å². The summed E-state index contributed by atoms with van der Waals surface area (Å²) in [6.07, 6.45) is 0. The van der Waals surface area contributed by atoms with Crippen molar-refractivity contribution < 1.29 is 13.2 Å². The van der Waals surface area contributed by atoms with Gasteiger partial charge in [0.2, 0.25) is 15.9 Å². The number of anilines is 3. The van der Waals surface area contributed by atoms with Crippen LogP contribution in [-0.4, -0.2) is 67.0 Å². The number of likely N-dealkylation sites (N-methyl/N-ethyl adjacent to an activating group) is 1. The Hall–Kier alpha value is -3.86. The molecule has 2 N–H and O–H groups in total. The molecule has 9 nitrogen and oxygen atoms in total. The summed E-state index contributed by atoms with van der Waals surface area (Å²) in [7, 11) is -1.64. The van der Waals surface area contributed by atoms with Crippen LogP contribution >= 0.6 is 0 Å². The molecule has 0 spiro atoms. The van der Waals surface area contributed by atoms with Crippen molar-refractivity contribution in [3.63, 3.8) is 0 Å². The average molecular weight is 531 g/mol.